The van der Waals surface area contributed by atoms with E-state index in [9.17, 15) is 0 Å². The Morgan fingerprint density at radius 1 is 0.938 bits per heavy atom. The highest BCUT2D eigenvalue weighted by molar-refractivity contribution is 7.17. The van der Waals surface area contributed by atoms with Gasteiger partial charge in [0.1, 0.15) is 0 Å². The third-order valence-corrected chi connectivity index (χ3v) is 6.48. The van der Waals surface area contributed by atoms with Crippen LogP contribution in [0.4, 0.5) is 28.3 Å². The van der Waals surface area contributed by atoms with E-state index in [2.05, 4.69) is 41.6 Å². The fourth-order valence-corrected chi connectivity index (χ4v) is 4.78. The van der Waals surface area contributed by atoms with Crippen LogP contribution in [-0.2, 0) is 6.42 Å². The van der Waals surface area contributed by atoms with Gasteiger partial charge in [-0.2, -0.15) is 19.4 Å². The molecule has 32 heavy (non-hydrogen) atoms. The Hall–Kier alpha value is -3.89. The first-order valence-electron chi connectivity index (χ1n) is 9.91. The summed E-state index contributed by atoms with van der Waals surface area (Å²) in [5.41, 5.74) is 8.03. The summed E-state index contributed by atoms with van der Waals surface area (Å²) in [4.78, 5) is 14.0. The quantitative estimate of drug-likeness (QED) is 0.314. The third kappa shape index (κ3) is 3.66. The van der Waals surface area contributed by atoms with Gasteiger partial charge in [0.05, 0.1) is 15.9 Å². The summed E-state index contributed by atoms with van der Waals surface area (Å²) in [6.45, 7) is 0. The first-order valence-corrected chi connectivity index (χ1v) is 11.6. The van der Waals surface area contributed by atoms with E-state index in [0.717, 1.165) is 39.4 Å². The Bertz CT molecular complexity index is 1440. The van der Waals surface area contributed by atoms with Crippen LogP contribution in [0.3, 0.4) is 0 Å². The fraction of sp³-hybridized carbons (Fsp3) is 0.0455. The van der Waals surface area contributed by atoms with Crippen LogP contribution in [0.1, 0.15) is 5.56 Å². The first-order chi connectivity index (χ1) is 15.8. The van der Waals surface area contributed by atoms with Gasteiger partial charge in [0.25, 0.3) is 0 Å². The van der Waals surface area contributed by atoms with Crippen molar-refractivity contribution in [1.29, 1.82) is 0 Å². The Balaban J connectivity index is 1.30. The van der Waals surface area contributed by atoms with Gasteiger partial charge in [-0.3, -0.25) is 10.7 Å². The van der Waals surface area contributed by atoms with Gasteiger partial charge < -0.3 is 5.32 Å². The maximum Gasteiger partial charge on any atom is 0.231 e. The standard InChI is InChI=1S/C22H16N8S2/c1-2-4-13(5-3-1)19-27-22(32-30-19)28-21-25-17-9-11-31-18(17)20(26-21)24-15-6-7-16-14(12-15)8-10-23-29-16/h1-7,9-12,29H,8H2,(H2,24,25,26,27,28,30). The van der Waals surface area contributed by atoms with Gasteiger partial charge in [0.15, 0.2) is 11.6 Å². The minimum absolute atomic E-state index is 0.473. The second-order valence-corrected chi connectivity index (χ2v) is 8.74. The van der Waals surface area contributed by atoms with E-state index in [1.54, 1.807) is 11.3 Å². The van der Waals surface area contributed by atoms with Crippen molar-refractivity contribution in [2.75, 3.05) is 16.1 Å². The number of hydrazone groups is 1. The third-order valence-electron chi connectivity index (χ3n) is 4.94. The normalized spacial score (nSPS) is 12.4. The van der Waals surface area contributed by atoms with Crippen molar-refractivity contribution in [2.45, 2.75) is 6.42 Å². The molecule has 0 bridgehead atoms. The molecule has 10 heteroatoms. The second kappa shape index (κ2) is 7.98. The molecule has 0 atom stereocenters. The molecule has 0 spiro atoms. The van der Waals surface area contributed by atoms with E-state index in [-0.39, 0.29) is 0 Å². The number of fused-ring (bicyclic) bond motifs is 2. The van der Waals surface area contributed by atoms with E-state index in [4.69, 9.17) is 4.98 Å². The lowest BCUT2D eigenvalue weighted by molar-refractivity contribution is 1.20. The lowest BCUT2D eigenvalue weighted by Crippen LogP contribution is -2.05. The summed E-state index contributed by atoms with van der Waals surface area (Å²) in [6.07, 6.45) is 2.66. The van der Waals surface area contributed by atoms with Crippen molar-refractivity contribution >= 4 is 67.6 Å². The number of aromatic nitrogens is 4. The summed E-state index contributed by atoms with van der Waals surface area (Å²) >= 11 is 2.89. The molecule has 1 aliphatic heterocycles. The molecule has 6 rings (SSSR count). The van der Waals surface area contributed by atoms with Crippen LogP contribution in [-0.4, -0.2) is 25.5 Å². The molecule has 0 aliphatic carbocycles. The van der Waals surface area contributed by atoms with Gasteiger partial charge in [-0.15, -0.1) is 11.3 Å². The second-order valence-electron chi connectivity index (χ2n) is 7.07. The van der Waals surface area contributed by atoms with E-state index >= 15 is 0 Å². The Morgan fingerprint density at radius 2 is 1.88 bits per heavy atom. The lowest BCUT2D eigenvalue weighted by Gasteiger charge is -2.14. The largest absolute Gasteiger partial charge is 0.339 e. The number of hydrogen-bond acceptors (Lipinski definition) is 10. The number of anilines is 5. The van der Waals surface area contributed by atoms with Gasteiger partial charge in [-0.25, -0.2) is 4.98 Å². The van der Waals surface area contributed by atoms with Gasteiger partial charge in [-0.05, 0) is 35.2 Å². The van der Waals surface area contributed by atoms with Gasteiger partial charge in [-0.1, -0.05) is 30.3 Å². The highest BCUT2D eigenvalue weighted by Gasteiger charge is 2.13. The molecule has 0 unspecified atom stereocenters. The Labute approximate surface area is 191 Å². The van der Waals surface area contributed by atoms with E-state index < -0.39 is 0 Å². The van der Waals surface area contributed by atoms with Crippen molar-refractivity contribution in [2.24, 2.45) is 5.10 Å². The van der Waals surface area contributed by atoms with Crippen molar-refractivity contribution in [3.63, 3.8) is 0 Å². The molecule has 3 N–H and O–H groups in total. The van der Waals surface area contributed by atoms with Crippen molar-refractivity contribution < 1.29 is 0 Å². The summed E-state index contributed by atoms with van der Waals surface area (Å²) < 4.78 is 5.44. The topological polar surface area (TPSA) is 100 Å². The summed E-state index contributed by atoms with van der Waals surface area (Å²) in [5, 5.41) is 13.4. The molecular weight excluding hydrogens is 440 g/mol. The molecule has 0 fully saturated rings. The highest BCUT2D eigenvalue weighted by atomic mass is 32.1. The maximum absolute atomic E-state index is 4.73. The maximum atomic E-state index is 4.73. The van der Waals surface area contributed by atoms with Crippen molar-refractivity contribution in [3.8, 4) is 11.4 Å². The van der Waals surface area contributed by atoms with Gasteiger partial charge in [0, 0.05) is 35.4 Å². The number of nitrogens with zero attached hydrogens (tertiary/aromatic N) is 5. The number of rotatable bonds is 5. The minimum Gasteiger partial charge on any atom is -0.339 e. The first kappa shape index (κ1) is 18.8. The smallest absolute Gasteiger partial charge is 0.231 e. The molecule has 1 aliphatic rings. The van der Waals surface area contributed by atoms with Crippen LogP contribution in [0.15, 0.2) is 65.1 Å². The molecule has 8 nitrogen and oxygen atoms in total. The van der Waals surface area contributed by atoms with E-state index in [1.807, 2.05) is 60.1 Å². The molecule has 2 aromatic carbocycles. The highest BCUT2D eigenvalue weighted by Crippen LogP contribution is 2.32. The van der Waals surface area contributed by atoms with E-state index in [0.29, 0.717) is 16.9 Å². The monoisotopic (exact) mass is 456 g/mol. The van der Waals surface area contributed by atoms with Crippen molar-refractivity contribution in [3.05, 3.63) is 65.5 Å². The summed E-state index contributed by atoms with van der Waals surface area (Å²) in [7, 11) is 0. The SMILES string of the molecule is C1=NNc2ccc(Nc3nc(Nc4nc(-c5ccccc5)ns4)nc4ccsc34)cc2C1. The zero-order valence-electron chi connectivity index (χ0n) is 16.6. The molecule has 5 aromatic rings. The molecule has 4 heterocycles. The van der Waals surface area contributed by atoms with Crippen LogP contribution < -0.4 is 16.1 Å². The zero-order chi connectivity index (χ0) is 21.3. The summed E-state index contributed by atoms with van der Waals surface area (Å²) in [5.74, 6) is 1.90. The number of benzene rings is 2. The van der Waals surface area contributed by atoms with Crippen LogP contribution in [0.5, 0.6) is 0 Å². The predicted molar refractivity (Wildman–Crippen MR) is 132 cm³/mol. The zero-order valence-corrected chi connectivity index (χ0v) is 18.2. The molecular formula is C22H16N8S2. The van der Waals surface area contributed by atoms with Crippen LogP contribution >= 0.6 is 22.9 Å². The molecule has 0 saturated heterocycles. The average molecular weight is 457 g/mol. The predicted octanol–water partition coefficient (Wildman–Crippen LogP) is 5.65. The lowest BCUT2D eigenvalue weighted by atomic mass is 10.1. The molecule has 0 saturated carbocycles. The van der Waals surface area contributed by atoms with Crippen molar-refractivity contribution in [1.82, 2.24) is 19.3 Å². The minimum atomic E-state index is 0.473. The number of nitrogens with one attached hydrogen (secondary N) is 3. The van der Waals surface area contributed by atoms with Gasteiger partial charge >= 0.3 is 0 Å². The van der Waals surface area contributed by atoms with Gasteiger partial charge in [0.2, 0.25) is 11.1 Å². The Morgan fingerprint density at radius 3 is 2.81 bits per heavy atom. The number of thiophene rings is 1. The van der Waals surface area contributed by atoms with Crippen LogP contribution in [0.25, 0.3) is 21.6 Å². The molecule has 3 aromatic heterocycles. The van der Waals surface area contributed by atoms with Crippen LogP contribution in [0.2, 0.25) is 0 Å². The number of hydrogen-bond donors (Lipinski definition) is 3. The molecule has 0 amide bonds. The van der Waals surface area contributed by atoms with E-state index in [1.165, 1.54) is 17.1 Å². The van der Waals surface area contributed by atoms with Crippen LogP contribution in [0, 0.1) is 0 Å². The average Bonchev–Trinajstić information content (AvgIpc) is 3.50. The Kier molecular flexibility index (Phi) is 4.70. The summed E-state index contributed by atoms with van der Waals surface area (Å²) in [6, 6.07) is 18.0. The molecule has 156 valence electrons. The fourth-order valence-electron chi connectivity index (χ4n) is 3.42. The molecule has 0 radical (unpaired) electrons.